The first-order valence-corrected chi connectivity index (χ1v) is 7.12. The van der Waals surface area contributed by atoms with Gasteiger partial charge in [-0.05, 0) is 33.9 Å². The molecule has 5 heteroatoms. The Kier molecular flexibility index (Phi) is 3.27. The van der Waals surface area contributed by atoms with Crippen LogP contribution in [0.2, 0.25) is 0 Å². The van der Waals surface area contributed by atoms with Crippen molar-refractivity contribution >= 4 is 34.1 Å². The summed E-state index contributed by atoms with van der Waals surface area (Å²) in [6.07, 6.45) is 1.59. The number of nitrogens with zero attached hydrogens (tertiary/aromatic N) is 2. The lowest BCUT2D eigenvalue weighted by atomic mass is 10.0. The van der Waals surface area contributed by atoms with E-state index in [4.69, 9.17) is 5.73 Å². The molecule has 0 atom stereocenters. The Balaban J connectivity index is 2.13. The molecule has 1 aromatic heterocycles. The van der Waals surface area contributed by atoms with Crippen LogP contribution < -0.4 is 5.73 Å². The zero-order chi connectivity index (χ0) is 12.4. The minimum absolute atomic E-state index is 0.560. The van der Waals surface area contributed by atoms with Gasteiger partial charge in [-0.15, -0.1) is 0 Å². The summed E-state index contributed by atoms with van der Waals surface area (Å²) in [5, 5.41) is 2.44. The lowest BCUT2D eigenvalue weighted by molar-refractivity contribution is 1.08. The molecule has 3 nitrogen and oxygen atoms in total. The van der Waals surface area contributed by atoms with Crippen molar-refractivity contribution in [1.29, 1.82) is 0 Å². The number of fused-ring (bicyclic) bond motifs is 1. The number of hydrogen-bond acceptors (Lipinski definition) is 5. The monoisotopic (exact) mass is 273 g/mol. The molecule has 2 aromatic carbocycles. The molecule has 2 N–H and O–H groups in total. The standard InChI is InChI=1S/C13H11N3S2/c14-7-9-5-6-12(17-13-15-8-16-18-13)11-4-2-1-3-10(9)11/h1-6,8H,7,14H2. The van der Waals surface area contributed by atoms with E-state index in [1.165, 1.54) is 32.8 Å². The molecule has 0 unspecified atom stereocenters. The second-order valence-corrected chi connectivity index (χ2v) is 5.85. The average Bonchev–Trinajstić information content (AvgIpc) is 2.92. The van der Waals surface area contributed by atoms with Crippen LogP contribution in [0.25, 0.3) is 10.8 Å². The second kappa shape index (κ2) is 5.06. The molecule has 0 spiro atoms. The van der Waals surface area contributed by atoms with E-state index in [1.807, 2.05) is 12.1 Å². The highest BCUT2D eigenvalue weighted by molar-refractivity contribution is 8.01. The van der Waals surface area contributed by atoms with E-state index in [0.29, 0.717) is 6.54 Å². The van der Waals surface area contributed by atoms with E-state index in [0.717, 1.165) is 4.34 Å². The maximum absolute atomic E-state index is 5.77. The van der Waals surface area contributed by atoms with Gasteiger partial charge in [0.05, 0.1) is 0 Å². The first-order valence-electron chi connectivity index (χ1n) is 5.53. The van der Waals surface area contributed by atoms with Crippen LogP contribution in [0, 0.1) is 0 Å². The minimum Gasteiger partial charge on any atom is -0.326 e. The quantitative estimate of drug-likeness (QED) is 0.795. The Labute approximate surface area is 113 Å². The topological polar surface area (TPSA) is 51.8 Å². The first kappa shape index (κ1) is 11.6. The molecular formula is C13H11N3S2. The molecule has 18 heavy (non-hydrogen) atoms. The van der Waals surface area contributed by atoms with Crippen LogP contribution in [0.5, 0.6) is 0 Å². The van der Waals surface area contributed by atoms with E-state index in [-0.39, 0.29) is 0 Å². The third-order valence-electron chi connectivity index (χ3n) is 2.73. The molecule has 0 aliphatic carbocycles. The van der Waals surface area contributed by atoms with Gasteiger partial charge in [-0.2, -0.15) is 4.37 Å². The molecule has 0 saturated heterocycles. The molecule has 3 rings (SSSR count). The van der Waals surface area contributed by atoms with Gasteiger partial charge in [0, 0.05) is 11.4 Å². The van der Waals surface area contributed by atoms with E-state index in [1.54, 1.807) is 18.1 Å². The van der Waals surface area contributed by atoms with Crippen molar-refractivity contribution < 1.29 is 0 Å². The Hall–Kier alpha value is -1.43. The van der Waals surface area contributed by atoms with Gasteiger partial charge in [0.2, 0.25) is 0 Å². The van der Waals surface area contributed by atoms with Gasteiger partial charge in [0.15, 0.2) is 4.34 Å². The zero-order valence-corrected chi connectivity index (χ0v) is 11.2. The molecule has 0 bridgehead atoms. The van der Waals surface area contributed by atoms with Crippen LogP contribution in [-0.2, 0) is 6.54 Å². The third kappa shape index (κ3) is 2.12. The molecule has 1 heterocycles. The summed E-state index contributed by atoms with van der Waals surface area (Å²) >= 11 is 3.06. The van der Waals surface area contributed by atoms with Crippen LogP contribution in [0.1, 0.15) is 5.56 Å². The van der Waals surface area contributed by atoms with Crippen molar-refractivity contribution in [2.75, 3.05) is 0 Å². The molecule has 3 aromatic rings. The van der Waals surface area contributed by atoms with Gasteiger partial charge in [-0.3, -0.25) is 0 Å². The van der Waals surface area contributed by atoms with Crippen molar-refractivity contribution in [3.05, 3.63) is 48.3 Å². The Bertz CT molecular complexity index is 665. The highest BCUT2D eigenvalue weighted by Crippen LogP contribution is 2.35. The van der Waals surface area contributed by atoms with Crippen LogP contribution >= 0.6 is 23.3 Å². The summed E-state index contributed by atoms with van der Waals surface area (Å²) in [7, 11) is 0. The summed E-state index contributed by atoms with van der Waals surface area (Å²) in [6.45, 7) is 0.560. The zero-order valence-electron chi connectivity index (χ0n) is 9.54. The number of aromatic nitrogens is 2. The normalized spacial score (nSPS) is 10.9. The maximum atomic E-state index is 5.77. The fourth-order valence-corrected chi connectivity index (χ4v) is 3.44. The van der Waals surface area contributed by atoms with E-state index in [9.17, 15) is 0 Å². The molecule has 0 saturated carbocycles. The van der Waals surface area contributed by atoms with Gasteiger partial charge in [0.1, 0.15) is 6.33 Å². The van der Waals surface area contributed by atoms with E-state index in [2.05, 4.69) is 33.6 Å². The summed E-state index contributed by atoms with van der Waals surface area (Å²) < 4.78 is 4.98. The van der Waals surface area contributed by atoms with E-state index >= 15 is 0 Å². The predicted octanol–water partition coefficient (Wildman–Crippen LogP) is 3.30. The molecule has 0 radical (unpaired) electrons. The predicted molar refractivity (Wildman–Crippen MR) is 75.9 cm³/mol. The number of nitrogens with two attached hydrogens (primary N) is 1. The van der Waals surface area contributed by atoms with Gasteiger partial charge in [0.25, 0.3) is 0 Å². The van der Waals surface area contributed by atoms with Crippen LogP contribution in [0.15, 0.2) is 52.0 Å². The summed E-state index contributed by atoms with van der Waals surface area (Å²) in [5.74, 6) is 0. The van der Waals surface area contributed by atoms with Gasteiger partial charge in [-0.1, -0.05) is 42.1 Å². The molecule has 0 aliphatic heterocycles. The summed E-state index contributed by atoms with van der Waals surface area (Å²) in [6, 6.07) is 12.5. The van der Waals surface area contributed by atoms with Crippen molar-refractivity contribution in [1.82, 2.24) is 9.36 Å². The molecular weight excluding hydrogens is 262 g/mol. The minimum atomic E-state index is 0.560. The Morgan fingerprint density at radius 1 is 1.11 bits per heavy atom. The highest BCUT2D eigenvalue weighted by Gasteiger charge is 2.07. The largest absolute Gasteiger partial charge is 0.326 e. The van der Waals surface area contributed by atoms with Gasteiger partial charge in [-0.25, -0.2) is 4.98 Å². The Morgan fingerprint density at radius 2 is 1.94 bits per heavy atom. The highest BCUT2D eigenvalue weighted by atomic mass is 32.2. The fraction of sp³-hybridized carbons (Fsp3) is 0.0769. The molecule has 90 valence electrons. The van der Waals surface area contributed by atoms with Crippen molar-refractivity contribution in [2.24, 2.45) is 5.73 Å². The van der Waals surface area contributed by atoms with Crippen molar-refractivity contribution in [3.8, 4) is 0 Å². The Morgan fingerprint density at radius 3 is 2.67 bits per heavy atom. The van der Waals surface area contributed by atoms with Crippen molar-refractivity contribution in [3.63, 3.8) is 0 Å². The number of benzene rings is 2. The molecule has 0 amide bonds. The maximum Gasteiger partial charge on any atom is 0.174 e. The second-order valence-electron chi connectivity index (χ2n) is 3.78. The van der Waals surface area contributed by atoms with Crippen LogP contribution in [0.4, 0.5) is 0 Å². The lowest BCUT2D eigenvalue weighted by Gasteiger charge is -2.08. The third-order valence-corrected chi connectivity index (χ3v) is 4.52. The van der Waals surface area contributed by atoms with Gasteiger partial charge < -0.3 is 5.73 Å². The smallest absolute Gasteiger partial charge is 0.174 e. The lowest BCUT2D eigenvalue weighted by Crippen LogP contribution is -1.97. The van der Waals surface area contributed by atoms with Gasteiger partial charge >= 0.3 is 0 Å². The number of hydrogen-bond donors (Lipinski definition) is 1. The first-order chi connectivity index (χ1) is 8.88. The summed E-state index contributed by atoms with van der Waals surface area (Å²) in [4.78, 5) is 5.40. The fourth-order valence-electron chi connectivity index (χ4n) is 1.90. The van der Waals surface area contributed by atoms with Crippen LogP contribution in [0.3, 0.4) is 0 Å². The molecule has 0 fully saturated rings. The number of rotatable bonds is 3. The summed E-state index contributed by atoms with van der Waals surface area (Å²) in [5.41, 5.74) is 6.95. The molecule has 0 aliphatic rings. The van der Waals surface area contributed by atoms with Crippen molar-refractivity contribution in [2.45, 2.75) is 15.8 Å². The SMILES string of the molecule is NCc1ccc(Sc2ncns2)c2ccccc12. The van der Waals surface area contributed by atoms with E-state index < -0.39 is 0 Å². The average molecular weight is 273 g/mol. The van der Waals surface area contributed by atoms with Crippen LogP contribution in [-0.4, -0.2) is 9.36 Å².